The lowest BCUT2D eigenvalue weighted by Gasteiger charge is -2.25. The van der Waals surface area contributed by atoms with Gasteiger partial charge in [0, 0.05) is 17.7 Å². The molecule has 6 heteroatoms. The Balaban J connectivity index is 1.89. The average molecular weight is 418 g/mol. The van der Waals surface area contributed by atoms with E-state index < -0.39 is 0 Å². The van der Waals surface area contributed by atoms with Gasteiger partial charge in [0.05, 0.1) is 12.6 Å². The molecule has 1 aliphatic rings. The number of nitrogens with one attached hydrogen (secondary N) is 1. The predicted molar refractivity (Wildman–Crippen MR) is 120 cm³/mol. The molecular formula is C25H27N3O3. The van der Waals surface area contributed by atoms with Crippen LogP contribution < -0.4 is 4.74 Å². The number of aromatic hydroxyl groups is 1. The van der Waals surface area contributed by atoms with Crippen molar-refractivity contribution in [2.24, 2.45) is 0 Å². The molecule has 1 atom stereocenters. The van der Waals surface area contributed by atoms with Gasteiger partial charge in [-0.15, -0.1) is 6.58 Å². The minimum atomic E-state index is -0.361. The van der Waals surface area contributed by atoms with E-state index in [4.69, 9.17) is 4.74 Å². The summed E-state index contributed by atoms with van der Waals surface area (Å²) in [6, 6.07) is 11.3. The van der Waals surface area contributed by atoms with Crippen LogP contribution in [-0.4, -0.2) is 39.3 Å². The number of fused-ring (bicyclic) bond motifs is 1. The van der Waals surface area contributed by atoms with Gasteiger partial charge in [-0.25, -0.2) is 0 Å². The standard InChI is InChI=1S/C25H27N3O3/c1-5-10-28-23(17-8-7-9-18(14-17)31-11-6-2)20-21(26-27-22(20)25(28)30)19-13-15(3)12-16(4)24(19)29/h5,7-9,12-14,23,29H,1,6,10-11H2,2-4H3,(H,26,27). The lowest BCUT2D eigenvalue weighted by molar-refractivity contribution is 0.0764. The Morgan fingerprint density at radius 3 is 2.84 bits per heavy atom. The van der Waals surface area contributed by atoms with Crippen LogP contribution in [0.4, 0.5) is 0 Å². The number of aromatic amines is 1. The topological polar surface area (TPSA) is 78.5 Å². The van der Waals surface area contributed by atoms with Crippen LogP contribution in [0.5, 0.6) is 11.5 Å². The molecule has 160 valence electrons. The molecule has 0 fully saturated rings. The fourth-order valence-corrected chi connectivity index (χ4v) is 4.21. The number of carbonyl (C=O) groups excluding carboxylic acids is 1. The van der Waals surface area contributed by atoms with E-state index in [1.165, 1.54) is 0 Å². The number of hydrogen-bond acceptors (Lipinski definition) is 4. The molecule has 1 aromatic heterocycles. The van der Waals surface area contributed by atoms with Crippen molar-refractivity contribution in [3.63, 3.8) is 0 Å². The van der Waals surface area contributed by atoms with Crippen LogP contribution in [0.3, 0.4) is 0 Å². The van der Waals surface area contributed by atoms with Crippen LogP contribution in [0.2, 0.25) is 0 Å². The summed E-state index contributed by atoms with van der Waals surface area (Å²) in [5, 5.41) is 18.1. The van der Waals surface area contributed by atoms with E-state index in [-0.39, 0.29) is 17.7 Å². The van der Waals surface area contributed by atoms with Gasteiger partial charge in [-0.1, -0.05) is 31.2 Å². The van der Waals surface area contributed by atoms with E-state index in [9.17, 15) is 9.90 Å². The van der Waals surface area contributed by atoms with E-state index in [1.807, 2.05) is 50.2 Å². The van der Waals surface area contributed by atoms with Crippen molar-refractivity contribution in [3.8, 4) is 22.8 Å². The zero-order chi connectivity index (χ0) is 22.1. The molecule has 1 amide bonds. The van der Waals surface area contributed by atoms with Crippen LogP contribution in [0.1, 0.15) is 52.1 Å². The predicted octanol–water partition coefficient (Wildman–Crippen LogP) is 4.92. The van der Waals surface area contributed by atoms with Gasteiger partial charge in [-0.3, -0.25) is 9.89 Å². The van der Waals surface area contributed by atoms with E-state index in [0.717, 1.165) is 34.4 Å². The van der Waals surface area contributed by atoms with E-state index in [1.54, 1.807) is 11.0 Å². The number of carbonyl (C=O) groups is 1. The summed E-state index contributed by atoms with van der Waals surface area (Å²) >= 11 is 0. The van der Waals surface area contributed by atoms with Crippen molar-refractivity contribution >= 4 is 5.91 Å². The largest absolute Gasteiger partial charge is 0.507 e. The lowest BCUT2D eigenvalue weighted by atomic mass is 9.94. The Kier molecular flexibility index (Phi) is 5.55. The highest BCUT2D eigenvalue weighted by Gasteiger charge is 2.42. The Hall–Kier alpha value is -3.54. The Morgan fingerprint density at radius 1 is 1.29 bits per heavy atom. The quantitative estimate of drug-likeness (QED) is 0.535. The number of phenols is 1. The van der Waals surface area contributed by atoms with Crippen LogP contribution >= 0.6 is 0 Å². The van der Waals surface area contributed by atoms with Crippen molar-refractivity contribution in [3.05, 3.63) is 77.0 Å². The molecule has 2 N–H and O–H groups in total. The maximum atomic E-state index is 13.2. The third-order valence-corrected chi connectivity index (χ3v) is 5.54. The second-order valence-corrected chi connectivity index (χ2v) is 7.91. The highest BCUT2D eigenvalue weighted by molar-refractivity contribution is 6.00. The normalized spacial score (nSPS) is 15.3. The van der Waals surface area contributed by atoms with Gasteiger partial charge >= 0.3 is 0 Å². The zero-order valence-corrected chi connectivity index (χ0v) is 18.1. The monoisotopic (exact) mass is 417 g/mol. The minimum Gasteiger partial charge on any atom is -0.507 e. The summed E-state index contributed by atoms with van der Waals surface area (Å²) < 4.78 is 5.83. The van der Waals surface area contributed by atoms with E-state index >= 15 is 0 Å². The number of phenolic OH excluding ortho intramolecular Hbond substituents is 1. The molecule has 0 saturated heterocycles. The fraction of sp³-hybridized carbons (Fsp3) is 0.280. The second kappa shape index (κ2) is 8.30. The van der Waals surface area contributed by atoms with Gasteiger partial charge in [0.25, 0.3) is 5.91 Å². The van der Waals surface area contributed by atoms with Gasteiger partial charge in [0.2, 0.25) is 0 Å². The number of aryl methyl sites for hydroxylation is 2. The van der Waals surface area contributed by atoms with Crippen LogP contribution in [-0.2, 0) is 0 Å². The molecule has 1 aliphatic heterocycles. The summed E-state index contributed by atoms with van der Waals surface area (Å²) in [7, 11) is 0. The summed E-state index contributed by atoms with van der Waals surface area (Å²) in [5.41, 5.74) is 5.12. The first-order chi connectivity index (χ1) is 15.0. The molecule has 4 rings (SSSR count). The van der Waals surface area contributed by atoms with Crippen molar-refractivity contribution in [2.75, 3.05) is 13.2 Å². The maximum Gasteiger partial charge on any atom is 0.273 e. The highest BCUT2D eigenvalue weighted by Crippen LogP contribution is 2.45. The SMILES string of the molecule is C=CCN1C(=O)c2[nH]nc(-c3cc(C)cc(C)c3O)c2C1c1cccc(OCCC)c1. The first kappa shape index (κ1) is 20.7. The Morgan fingerprint density at radius 2 is 2.10 bits per heavy atom. The number of rotatable bonds is 7. The zero-order valence-electron chi connectivity index (χ0n) is 18.1. The van der Waals surface area contributed by atoms with Crippen molar-refractivity contribution in [1.82, 2.24) is 15.1 Å². The molecule has 2 heterocycles. The number of H-pyrrole nitrogens is 1. The lowest BCUT2D eigenvalue weighted by Crippen LogP contribution is -2.29. The molecule has 2 aromatic carbocycles. The van der Waals surface area contributed by atoms with Crippen LogP contribution in [0.15, 0.2) is 49.1 Å². The van der Waals surface area contributed by atoms with Gasteiger partial charge in [0.1, 0.15) is 22.9 Å². The number of nitrogens with zero attached hydrogens (tertiary/aromatic N) is 2. The van der Waals surface area contributed by atoms with Crippen LogP contribution in [0, 0.1) is 13.8 Å². The molecule has 1 unspecified atom stereocenters. The van der Waals surface area contributed by atoms with Crippen molar-refractivity contribution in [2.45, 2.75) is 33.2 Å². The van der Waals surface area contributed by atoms with Gasteiger partial charge in [0.15, 0.2) is 0 Å². The summed E-state index contributed by atoms with van der Waals surface area (Å²) in [5.74, 6) is 0.800. The average Bonchev–Trinajstić information content (AvgIpc) is 3.29. The number of hydrogen-bond donors (Lipinski definition) is 2. The van der Waals surface area contributed by atoms with Crippen molar-refractivity contribution in [1.29, 1.82) is 0 Å². The molecule has 31 heavy (non-hydrogen) atoms. The first-order valence-corrected chi connectivity index (χ1v) is 10.5. The summed E-state index contributed by atoms with van der Waals surface area (Å²) in [4.78, 5) is 15.0. The Bertz CT molecular complexity index is 1150. The molecular weight excluding hydrogens is 390 g/mol. The smallest absolute Gasteiger partial charge is 0.273 e. The first-order valence-electron chi connectivity index (χ1n) is 10.5. The fourth-order valence-electron chi connectivity index (χ4n) is 4.21. The van der Waals surface area contributed by atoms with Gasteiger partial charge in [-0.2, -0.15) is 5.10 Å². The van der Waals surface area contributed by atoms with E-state index in [0.29, 0.717) is 30.1 Å². The van der Waals surface area contributed by atoms with Gasteiger partial charge in [-0.05, 0) is 55.2 Å². The number of aromatic nitrogens is 2. The van der Waals surface area contributed by atoms with E-state index in [2.05, 4.69) is 23.7 Å². The second-order valence-electron chi connectivity index (χ2n) is 7.91. The van der Waals surface area contributed by atoms with Crippen LogP contribution in [0.25, 0.3) is 11.3 Å². The summed E-state index contributed by atoms with van der Waals surface area (Å²) in [6.45, 7) is 10.7. The molecule has 0 radical (unpaired) electrons. The molecule has 0 bridgehead atoms. The Labute approximate surface area is 182 Å². The molecule has 3 aromatic rings. The number of ether oxygens (including phenoxy) is 1. The molecule has 6 nitrogen and oxygen atoms in total. The molecule has 0 spiro atoms. The number of amides is 1. The highest BCUT2D eigenvalue weighted by atomic mass is 16.5. The van der Waals surface area contributed by atoms with Crippen molar-refractivity contribution < 1.29 is 14.6 Å². The summed E-state index contributed by atoms with van der Waals surface area (Å²) in [6.07, 6.45) is 2.63. The molecule has 0 saturated carbocycles. The third-order valence-electron chi connectivity index (χ3n) is 5.54. The van der Waals surface area contributed by atoms with Gasteiger partial charge < -0.3 is 14.7 Å². The number of benzene rings is 2. The maximum absolute atomic E-state index is 13.2. The third kappa shape index (κ3) is 3.58. The molecule has 0 aliphatic carbocycles. The minimum absolute atomic E-state index is 0.137.